The van der Waals surface area contributed by atoms with Crippen molar-refractivity contribution < 1.29 is 4.79 Å². The number of rotatable bonds is 3. The predicted octanol–water partition coefficient (Wildman–Crippen LogP) is 2.21. The van der Waals surface area contributed by atoms with Crippen LogP contribution in [0.2, 0.25) is 5.02 Å². The Labute approximate surface area is 110 Å². The van der Waals surface area contributed by atoms with Crippen LogP contribution in [0.3, 0.4) is 0 Å². The maximum absolute atomic E-state index is 11.6. The van der Waals surface area contributed by atoms with Crippen molar-refractivity contribution in [3.05, 3.63) is 28.8 Å². The van der Waals surface area contributed by atoms with E-state index in [9.17, 15) is 4.79 Å². The Morgan fingerprint density at radius 3 is 3.18 bits per heavy atom. The molecule has 0 saturated carbocycles. The molecule has 0 spiro atoms. The van der Waals surface area contributed by atoms with Crippen LogP contribution < -0.4 is 10.6 Å². The Bertz CT molecular complexity index is 425. The SMILES string of the molecule is CNCC(=O)NC1CCSc2ccc(Cl)cc21. The van der Waals surface area contributed by atoms with Gasteiger partial charge in [-0.15, -0.1) is 11.8 Å². The third kappa shape index (κ3) is 3.15. The second-order valence-corrected chi connectivity index (χ2v) is 5.54. The average Bonchev–Trinajstić information content (AvgIpc) is 2.30. The summed E-state index contributed by atoms with van der Waals surface area (Å²) in [6, 6.07) is 5.96. The molecule has 92 valence electrons. The molecule has 0 radical (unpaired) electrons. The molecule has 2 rings (SSSR count). The minimum Gasteiger partial charge on any atom is -0.348 e. The molecular formula is C12H15ClN2OS. The Hall–Kier alpha value is -0.710. The number of likely N-dealkylation sites (N-methyl/N-ethyl adjacent to an activating group) is 1. The summed E-state index contributed by atoms with van der Waals surface area (Å²) in [7, 11) is 1.76. The van der Waals surface area contributed by atoms with Crippen LogP contribution in [0.1, 0.15) is 18.0 Å². The maximum atomic E-state index is 11.6. The topological polar surface area (TPSA) is 41.1 Å². The van der Waals surface area contributed by atoms with E-state index in [1.807, 2.05) is 30.0 Å². The molecule has 1 unspecified atom stereocenters. The highest BCUT2D eigenvalue weighted by Gasteiger charge is 2.22. The van der Waals surface area contributed by atoms with Crippen molar-refractivity contribution >= 4 is 29.3 Å². The van der Waals surface area contributed by atoms with E-state index >= 15 is 0 Å². The molecule has 17 heavy (non-hydrogen) atoms. The lowest BCUT2D eigenvalue weighted by molar-refractivity contribution is -0.120. The molecule has 0 saturated heterocycles. The second-order valence-electron chi connectivity index (χ2n) is 3.97. The van der Waals surface area contributed by atoms with Gasteiger partial charge in [0.05, 0.1) is 12.6 Å². The fourth-order valence-electron chi connectivity index (χ4n) is 1.92. The fraction of sp³-hybridized carbons (Fsp3) is 0.417. The highest BCUT2D eigenvalue weighted by molar-refractivity contribution is 7.99. The monoisotopic (exact) mass is 270 g/mol. The van der Waals surface area contributed by atoms with Gasteiger partial charge < -0.3 is 10.6 Å². The Balaban J connectivity index is 2.16. The number of amides is 1. The molecule has 1 aromatic rings. The molecule has 1 atom stereocenters. The summed E-state index contributed by atoms with van der Waals surface area (Å²) in [4.78, 5) is 12.8. The Morgan fingerprint density at radius 2 is 2.41 bits per heavy atom. The zero-order valence-corrected chi connectivity index (χ0v) is 11.2. The smallest absolute Gasteiger partial charge is 0.234 e. The molecule has 2 N–H and O–H groups in total. The van der Waals surface area contributed by atoms with Crippen LogP contribution in [-0.4, -0.2) is 25.3 Å². The minimum atomic E-state index is 0.0234. The normalized spacial score (nSPS) is 18.6. The molecule has 3 nitrogen and oxygen atoms in total. The predicted molar refractivity (Wildman–Crippen MR) is 71.6 cm³/mol. The van der Waals surface area contributed by atoms with Gasteiger partial charge in [-0.05, 0) is 37.2 Å². The van der Waals surface area contributed by atoms with Gasteiger partial charge in [0.25, 0.3) is 0 Å². The molecule has 1 aromatic carbocycles. The number of hydrogen-bond donors (Lipinski definition) is 2. The first-order valence-corrected chi connectivity index (χ1v) is 6.93. The first kappa shape index (κ1) is 12.7. The summed E-state index contributed by atoms with van der Waals surface area (Å²) >= 11 is 7.82. The first-order valence-electron chi connectivity index (χ1n) is 5.57. The average molecular weight is 271 g/mol. The lowest BCUT2D eigenvalue weighted by atomic mass is 10.0. The molecule has 1 heterocycles. The summed E-state index contributed by atoms with van der Waals surface area (Å²) in [6.07, 6.45) is 0.952. The van der Waals surface area contributed by atoms with Gasteiger partial charge in [0.1, 0.15) is 0 Å². The van der Waals surface area contributed by atoms with E-state index in [0.717, 1.165) is 22.8 Å². The maximum Gasteiger partial charge on any atom is 0.234 e. The Morgan fingerprint density at radius 1 is 1.59 bits per heavy atom. The van der Waals surface area contributed by atoms with Crippen LogP contribution in [0.15, 0.2) is 23.1 Å². The van der Waals surface area contributed by atoms with Gasteiger partial charge in [0, 0.05) is 15.7 Å². The van der Waals surface area contributed by atoms with E-state index in [0.29, 0.717) is 6.54 Å². The number of benzene rings is 1. The van der Waals surface area contributed by atoms with Crippen LogP contribution >= 0.6 is 23.4 Å². The van der Waals surface area contributed by atoms with Crippen LogP contribution in [0.25, 0.3) is 0 Å². The summed E-state index contributed by atoms with van der Waals surface area (Å²) < 4.78 is 0. The van der Waals surface area contributed by atoms with Crippen molar-refractivity contribution in [2.75, 3.05) is 19.3 Å². The molecule has 1 amide bonds. The number of carbonyl (C=O) groups is 1. The zero-order chi connectivity index (χ0) is 12.3. The molecule has 0 aliphatic carbocycles. The highest BCUT2D eigenvalue weighted by atomic mass is 35.5. The quantitative estimate of drug-likeness (QED) is 0.885. The van der Waals surface area contributed by atoms with Gasteiger partial charge >= 0.3 is 0 Å². The molecular weight excluding hydrogens is 256 g/mol. The van der Waals surface area contributed by atoms with Gasteiger partial charge in [-0.3, -0.25) is 4.79 Å². The number of hydrogen-bond acceptors (Lipinski definition) is 3. The van der Waals surface area contributed by atoms with Gasteiger partial charge in [-0.25, -0.2) is 0 Å². The summed E-state index contributed by atoms with van der Waals surface area (Å²) in [5.74, 6) is 1.05. The summed E-state index contributed by atoms with van der Waals surface area (Å²) in [5.41, 5.74) is 1.14. The Kier molecular flexibility index (Phi) is 4.31. The highest BCUT2D eigenvalue weighted by Crippen LogP contribution is 2.37. The van der Waals surface area contributed by atoms with Crippen molar-refractivity contribution in [2.24, 2.45) is 0 Å². The van der Waals surface area contributed by atoms with Crippen LogP contribution in [0.4, 0.5) is 0 Å². The lowest BCUT2D eigenvalue weighted by Crippen LogP contribution is -2.36. The molecule has 0 fully saturated rings. The van der Waals surface area contributed by atoms with Crippen molar-refractivity contribution in [3.63, 3.8) is 0 Å². The molecule has 1 aliphatic rings. The summed E-state index contributed by atoms with van der Waals surface area (Å²) in [6.45, 7) is 0.347. The molecule has 1 aliphatic heterocycles. The van der Waals surface area contributed by atoms with E-state index in [1.54, 1.807) is 7.05 Å². The number of nitrogens with one attached hydrogen (secondary N) is 2. The van der Waals surface area contributed by atoms with Crippen molar-refractivity contribution in [1.82, 2.24) is 10.6 Å². The fourth-order valence-corrected chi connectivity index (χ4v) is 3.21. The van der Waals surface area contributed by atoms with Gasteiger partial charge in [-0.1, -0.05) is 11.6 Å². The number of carbonyl (C=O) groups excluding carboxylic acids is 1. The molecule has 0 bridgehead atoms. The standard InChI is InChI=1S/C12H15ClN2OS/c1-14-7-12(16)15-10-4-5-17-11-3-2-8(13)6-9(10)11/h2-3,6,10,14H,4-5,7H2,1H3,(H,15,16). The minimum absolute atomic E-state index is 0.0234. The van der Waals surface area contributed by atoms with E-state index in [1.165, 1.54) is 4.90 Å². The van der Waals surface area contributed by atoms with Crippen LogP contribution in [0.5, 0.6) is 0 Å². The number of thioether (sulfide) groups is 1. The van der Waals surface area contributed by atoms with Gasteiger partial charge in [0.15, 0.2) is 0 Å². The third-order valence-corrected chi connectivity index (χ3v) is 4.04. The second kappa shape index (κ2) is 5.76. The molecule has 5 heteroatoms. The van der Waals surface area contributed by atoms with Crippen molar-refractivity contribution in [1.29, 1.82) is 0 Å². The number of fused-ring (bicyclic) bond motifs is 1. The largest absolute Gasteiger partial charge is 0.348 e. The zero-order valence-electron chi connectivity index (χ0n) is 9.63. The van der Waals surface area contributed by atoms with Crippen molar-refractivity contribution in [3.8, 4) is 0 Å². The lowest BCUT2D eigenvalue weighted by Gasteiger charge is -2.26. The van der Waals surface area contributed by atoms with E-state index in [-0.39, 0.29) is 11.9 Å². The van der Waals surface area contributed by atoms with E-state index < -0.39 is 0 Å². The third-order valence-electron chi connectivity index (χ3n) is 2.68. The molecule has 0 aromatic heterocycles. The van der Waals surface area contributed by atoms with Gasteiger partial charge in [-0.2, -0.15) is 0 Å². The first-order chi connectivity index (χ1) is 8.20. The van der Waals surface area contributed by atoms with Crippen LogP contribution in [0, 0.1) is 0 Å². The number of halogens is 1. The van der Waals surface area contributed by atoms with E-state index in [2.05, 4.69) is 10.6 Å². The summed E-state index contributed by atoms with van der Waals surface area (Å²) in [5, 5.41) is 6.60. The van der Waals surface area contributed by atoms with E-state index in [4.69, 9.17) is 11.6 Å². The van der Waals surface area contributed by atoms with Gasteiger partial charge in [0.2, 0.25) is 5.91 Å². The van der Waals surface area contributed by atoms with Crippen molar-refractivity contribution in [2.45, 2.75) is 17.4 Å². The van der Waals surface area contributed by atoms with Crippen LogP contribution in [-0.2, 0) is 4.79 Å².